The van der Waals surface area contributed by atoms with Crippen LogP contribution in [0.4, 0.5) is 0 Å². The van der Waals surface area contributed by atoms with Gasteiger partial charge in [-0.3, -0.25) is 15.2 Å². The minimum absolute atomic E-state index is 0.0176. The predicted molar refractivity (Wildman–Crippen MR) is 112 cm³/mol. The molecular weight excluding hydrogens is 362 g/mol. The van der Waals surface area contributed by atoms with E-state index in [0.29, 0.717) is 11.8 Å². The number of rotatable bonds is 4. The lowest BCUT2D eigenvalue weighted by Crippen LogP contribution is -2.49. The van der Waals surface area contributed by atoms with Gasteiger partial charge in [0.05, 0.1) is 11.7 Å². The second-order valence-corrected chi connectivity index (χ2v) is 8.85. The molecule has 3 aromatic rings. The van der Waals surface area contributed by atoms with Gasteiger partial charge >= 0.3 is 0 Å². The smallest absolute Gasteiger partial charge is 0.244 e. The number of aromatic nitrogens is 2. The molecule has 3 aliphatic rings. The van der Waals surface area contributed by atoms with Crippen LogP contribution in [-0.4, -0.2) is 46.2 Å². The average molecular weight is 387 g/mol. The van der Waals surface area contributed by atoms with Crippen molar-refractivity contribution in [1.82, 2.24) is 25.7 Å². The number of H-pyrrole nitrogens is 1. The number of carbonyl (C=O) groups is 1. The first kappa shape index (κ1) is 17.2. The maximum absolute atomic E-state index is 13.1. The second kappa shape index (κ2) is 6.15. The highest BCUT2D eigenvalue weighted by atomic mass is 16.2. The Labute approximate surface area is 169 Å². The molecule has 1 aliphatic carbocycles. The first-order chi connectivity index (χ1) is 14.1. The molecule has 0 radical (unpaired) electrons. The lowest BCUT2D eigenvalue weighted by Gasteiger charge is -2.34. The molecular formula is C23H25N5O. The summed E-state index contributed by atoms with van der Waals surface area (Å²) in [6.45, 7) is 5.02. The molecule has 1 amide bonds. The molecule has 6 heteroatoms. The number of hydrogen-bond donors (Lipinski definition) is 3. The number of amides is 1. The first-order valence-corrected chi connectivity index (χ1v) is 10.5. The van der Waals surface area contributed by atoms with Crippen LogP contribution in [0.5, 0.6) is 0 Å². The number of aryl methyl sites for hydroxylation is 1. The predicted octanol–water partition coefficient (Wildman–Crippen LogP) is 2.72. The van der Waals surface area contributed by atoms with E-state index < -0.39 is 0 Å². The molecule has 2 aliphatic heterocycles. The standard InChI is InChI=1S/C23H25N5O/c1-14-8-16(17-3-5-20-18(9-17)12-25-27-20)2-4-19(14)21-26-23(6-7-23)22(29)28(21)13-15-10-24-11-15/h2-5,8-9,12,15,21,24,26H,6-7,10-11,13H2,1H3,(H,25,27). The minimum Gasteiger partial charge on any atom is -0.321 e. The summed E-state index contributed by atoms with van der Waals surface area (Å²) in [6, 6.07) is 13.0. The minimum atomic E-state index is -0.292. The fourth-order valence-corrected chi connectivity index (χ4v) is 4.75. The zero-order chi connectivity index (χ0) is 19.6. The van der Waals surface area contributed by atoms with Crippen LogP contribution < -0.4 is 10.6 Å². The van der Waals surface area contributed by atoms with Crippen molar-refractivity contribution in [1.29, 1.82) is 0 Å². The van der Waals surface area contributed by atoms with E-state index in [-0.39, 0.29) is 11.7 Å². The monoisotopic (exact) mass is 387 g/mol. The second-order valence-electron chi connectivity index (χ2n) is 8.85. The van der Waals surface area contributed by atoms with Crippen molar-refractivity contribution >= 4 is 16.8 Å². The Kier molecular flexibility index (Phi) is 3.64. The maximum Gasteiger partial charge on any atom is 0.244 e. The van der Waals surface area contributed by atoms with Crippen molar-refractivity contribution in [3.8, 4) is 11.1 Å². The Hall–Kier alpha value is -2.70. The highest BCUT2D eigenvalue weighted by Gasteiger charge is 2.59. The number of fused-ring (bicyclic) bond motifs is 1. The van der Waals surface area contributed by atoms with Gasteiger partial charge < -0.3 is 10.2 Å². The Bertz CT molecular complexity index is 1110. The van der Waals surface area contributed by atoms with E-state index in [2.05, 4.69) is 69.1 Å². The van der Waals surface area contributed by atoms with Crippen LogP contribution in [0, 0.1) is 12.8 Å². The molecule has 1 aromatic heterocycles. The van der Waals surface area contributed by atoms with Crippen LogP contribution in [0.3, 0.4) is 0 Å². The van der Waals surface area contributed by atoms with E-state index in [1.807, 2.05) is 6.20 Å². The molecule has 29 heavy (non-hydrogen) atoms. The van der Waals surface area contributed by atoms with Gasteiger partial charge in [-0.05, 0) is 54.2 Å². The van der Waals surface area contributed by atoms with Crippen LogP contribution in [0.2, 0.25) is 0 Å². The number of benzene rings is 2. The zero-order valence-electron chi connectivity index (χ0n) is 16.5. The van der Waals surface area contributed by atoms with Crippen molar-refractivity contribution in [2.75, 3.05) is 19.6 Å². The number of hydrogen-bond acceptors (Lipinski definition) is 4. The fourth-order valence-electron chi connectivity index (χ4n) is 4.75. The molecule has 6 nitrogen and oxygen atoms in total. The van der Waals surface area contributed by atoms with Gasteiger partial charge in [0.25, 0.3) is 0 Å². The highest BCUT2D eigenvalue weighted by Crippen LogP contribution is 2.47. The summed E-state index contributed by atoms with van der Waals surface area (Å²) in [4.78, 5) is 15.2. The van der Waals surface area contributed by atoms with Gasteiger partial charge in [0.15, 0.2) is 0 Å². The average Bonchev–Trinajstić information content (AvgIpc) is 3.23. The molecule has 2 saturated heterocycles. The Balaban J connectivity index is 1.33. The van der Waals surface area contributed by atoms with Gasteiger partial charge in [-0.25, -0.2) is 0 Å². The van der Waals surface area contributed by atoms with Crippen LogP contribution >= 0.6 is 0 Å². The van der Waals surface area contributed by atoms with Gasteiger partial charge in [0.1, 0.15) is 11.7 Å². The maximum atomic E-state index is 13.1. The Morgan fingerprint density at radius 3 is 2.66 bits per heavy atom. The molecule has 2 aromatic carbocycles. The third kappa shape index (κ3) is 2.70. The van der Waals surface area contributed by atoms with Crippen LogP contribution in [0.1, 0.15) is 30.1 Å². The summed E-state index contributed by atoms with van der Waals surface area (Å²) >= 11 is 0. The molecule has 3 N–H and O–H groups in total. The van der Waals surface area contributed by atoms with Crippen LogP contribution in [0.25, 0.3) is 22.0 Å². The van der Waals surface area contributed by atoms with E-state index in [9.17, 15) is 4.79 Å². The van der Waals surface area contributed by atoms with Crippen molar-refractivity contribution in [2.45, 2.75) is 31.5 Å². The summed E-state index contributed by atoms with van der Waals surface area (Å²) in [5.74, 6) is 0.863. The lowest BCUT2D eigenvalue weighted by molar-refractivity contribution is -0.131. The molecule has 3 heterocycles. The Morgan fingerprint density at radius 2 is 1.93 bits per heavy atom. The SMILES string of the molecule is Cc1cc(-c2ccc3[nH]ncc3c2)ccc1C1NC2(CC2)C(=O)N1CC1CNC1. The highest BCUT2D eigenvalue weighted by molar-refractivity contribution is 5.92. The number of nitrogens with one attached hydrogen (secondary N) is 3. The molecule has 3 fully saturated rings. The van der Waals surface area contributed by atoms with E-state index in [1.54, 1.807) is 0 Å². The summed E-state index contributed by atoms with van der Waals surface area (Å²) in [6.07, 6.45) is 3.76. The van der Waals surface area contributed by atoms with Crippen molar-refractivity contribution in [2.24, 2.45) is 5.92 Å². The van der Waals surface area contributed by atoms with Gasteiger partial charge in [-0.1, -0.05) is 24.3 Å². The third-order valence-electron chi connectivity index (χ3n) is 6.80. The van der Waals surface area contributed by atoms with Gasteiger partial charge in [0.2, 0.25) is 5.91 Å². The van der Waals surface area contributed by atoms with E-state index >= 15 is 0 Å². The molecule has 148 valence electrons. The van der Waals surface area contributed by atoms with E-state index in [0.717, 1.165) is 43.4 Å². The van der Waals surface area contributed by atoms with E-state index in [1.165, 1.54) is 22.3 Å². The number of carbonyl (C=O) groups excluding carboxylic acids is 1. The van der Waals surface area contributed by atoms with Crippen molar-refractivity contribution < 1.29 is 4.79 Å². The largest absolute Gasteiger partial charge is 0.321 e. The van der Waals surface area contributed by atoms with E-state index in [4.69, 9.17) is 0 Å². The summed E-state index contributed by atoms with van der Waals surface area (Å²) in [7, 11) is 0. The van der Waals surface area contributed by atoms with Gasteiger partial charge in [-0.2, -0.15) is 5.10 Å². The summed E-state index contributed by atoms with van der Waals surface area (Å²) in [5.41, 5.74) is 5.55. The molecule has 1 saturated carbocycles. The molecule has 1 atom stereocenters. The van der Waals surface area contributed by atoms with Crippen LogP contribution in [0.15, 0.2) is 42.6 Å². The normalized spacial score (nSPS) is 23.1. The topological polar surface area (TPSA) is 73.0 Å². The molecule has 1 spiro atoms. The zero-order valence-corrected chi connectivity index (χ0v) is 16.5. The molecule has 0 bridgehead atoms. The third-order valence-corrected chi connectivity index (χ3v) is 6.80. The summed E-state index contributed by atoms with van der Waals surface area (Å²) in [5, 5.41) is 15.2. The summed E-state index contributed by atoms with van der Waals surface area (Å²) < 4.78 is 0. The molecule has 6 rings (SSSR count). The van der Waals surface area contributed by atoms with Crippen LogP contribution in [-0.2, 0) is 4.79 Å². The lowest BCUT2D eigenvalue weighted by atomic mass is 9.97. The van der Waals surface area contributed by atoms with Gasteiger partial charge in [-0.15, -0.1) is 0 Å². The molecule has 1 unspecified atom stereocenters. The number of aromatic amines is 1. The quantitative estimate of drug-likeness (QED) is 0.644. The Morgan fingerprint density at radius 1 is 1.14 bits per heavy atom. The first-order valence-electron chi connectivity index (χ1n) is 10.5. The fraction of sp³-hybridized carbons (Fsp3) is 0.391. The van der Waals surface area contributed by atoms with Crippen molar-refractivity contribution in [3.05, 3.63) is 53.7 Å². The van der Waals surface area contributed by atoms with Gasteiger partial charge in [0, 0.05) is 30.9 Å². The van der Waals surface area contributed by atoms with Crippen molar-refractivity contribution in [3.63, 3.8) is 0 Å². The number of nitrogens with zero attached hydrogens (tertiary/aromatic N) is 2.